The fraction of sp³-hybridized carbons (Fsp3) is 0. The van der Waals surface area contributed by atoms with Crippen LogP contribution in [0.15, 0.2) is 71.6 Å². The van der Waals surface area contributed by atoms with E-state index < -0.39 is 27.6 Å². The minimum atomic E-state index is -4.14. The number of hydrogen-bond acceptors (Lipinski definition) is 3. The maximum Gasteiger partial charge on any atom is 0.262 e. The predicted octanol–water partition coefficient (Wildman–Crippen LogP) is 4.67. The van der Waals surface area contributed by atoms with Crippen molar-refractivity contribution >= 4 is 38.9 Å². The van der Waals surface area contributed by atoms with Crippen LogP contribution in [-0.4, -0.2) is 14.3 Å². The normalized spacial score (nSPS) is 11.1. The van der Waals surface area contributed by atoms with Gasteiger partial charge in [-0.15, -0.1) is 0 Å². The number of benzene rings is 3. The number of carbonyl (C=O) groups is 1. The molecule has 0 aliphatic heterocycles. The summed E-state index contributed by atoms with van der Waals surface area (Å²) in [7, 11) is -4.14. The molecule has 0 heterocycles. The average molecular weight is 423 g/mol. The number of anilines is 2. The number of nitrogens with one attached hydrogen (secondary N) is 2. The molecule has 3 aromatic carbocycles. The predicted molar refractivity (Wildman–Crippen MR) is 103 cm³/mol. The Balaban J connectivity index is 1.85. The zero-order chi connectivity index (χ0) is 20.3. The Kier molecular flexibility index (Phi) is 5.62. The van der Waals surface area contributed by atoms with Gasteiger partial charge in [-0.25, -0.2) is 17.2 Å². The molecule has 0 aromatic heterocycles. The summed E-state index contributed by atoms with van der Waals surface area (Å²) in [5.74, 6) is -2.19. The molecular formula is C19H13ClF2N2O3S. The highest BCUT2D eigenvalue weighted by molar-refractivity contribution is 7.92. The van der Waals surface area contributed by atoms with Crippen LogP contribution in [0, 0.1) is 11.6 Å². The molecule has 3 aromatic rings. The zero-order valence-corrected chi connectivity index (χ0v) is 15.7. The molecule has 144 valence electrons. The molecule has 0 spiro atoms. The van der Waals surface area contributed by atoms with Crippen LogP contribution in [0.25, 0.3) is 0 Å². The van der Waals surface area contributed by atoms with Crippen LogP contribution < -0.4 is 10.0 Å². The molecular weight excluding hydrogens is 410 g/mol. The smallest absolute Gasteiger partial charge is 0.262 e. The van der Waals surface area contributed by atoms with Gasteiger partial charge in [0.05, 0.1) is 16.3 Å². The molecule has 0 unspecified atom stereocenters. The van der Waals surface area contributed by atoms with Crippen LogP contribution >= 0.6 is 11.6 Å². The van der Waals surface area contributed by atoms with Gasteiger partial charge in [0, 0.05) is 10.6 Å². The molecule has 0 fully saturated rings. The van der Waals surface area contributed by atoms with E-state index in [9.17, 15) is 22.0 Å². The minimum absolute atomic E-state index is 0.0224. The first-order chi connectivity index (χ1) is 13.3. The van der Waals surface area contributed by atoms with Crippen LogP contribution in [0.2, 0.25) is 5.02 Å². The number of carbonyl (C=O) groups excluding carboxylic acids is 1. The van der Waals surface area contributed by atoms with E-state index in [4.69, 9.17) is 11.6 Å². The van der Waals surface area contributed by atoms with E-state index in [1.54, 1.807) is 0 Å². The number of rotatable bonds is 5. The monoisotopic (exact) mass is 422 g/mol. The van der Waals surface area contributed by atoms with Gasteiger partial charge in [-0.3, -0.25) is 9.52 Å². The quantitative estimate of drug-likeness (QED) is 0.627. The summed E-state index contributed by atoms with van der Waals surface area (Å²) in [6.45, 7) is 0. The van der Waals surface area contributed by atoms with E-state index in [1.807, 2.05) is 0 Å². The Labute approximate surface area is 165 Å². The first kappa shape index (κ1) is 19.8. The zero-order valence-electron chi connectivity index (χ0n) is 14.1. The number of halogens is 3. The molecule has 0 aliphatic carbocycles. The molecule has 0 aliphatic rings. The molecule has 0 saturated carbocycles. The van der Waals surface area contributed by atoms with Gasteiger partial charge in [0.15, 0.2) is 0 Å². The maximum atomic E-state index is 13.8. The van der Waals surface area contributed by atoms with E-state index in [-0.39, 0.29) is 26.9 Å². The highest BCUT2D eigenvalue weighted by Crippen LogP contribution is 2.22. The largest absolute Gasteiger partial charge is 0.319 e. The fourth-order valence-corrected chi connectivity index (χ4v) is 3.61. The van der Waals surface area contributed by atoms with Crippen molar-refractivity contribution in [2.24, 2.45) is 0 Å². The molecule has 3 rings (SSSR count). The van der Waals surface area contributed by atoms with Crippen LogP contribution in [0.1, 0.15) is 10.4 Å². The Morgan fingerprint density at radius 1 is 0.857 bits per heavy atom. The summed E-state index contributed by atoms with van der Waals surface area (Å²) in [6.07, 6.45) is 0. The standard InChI is InChI=1S/C19H13ClF2N2O3S/c20-13-8-9-17(16(22)11-13)23-19(25)12-4-3-5-14(10-12)28(26,27)24-18-7-2-1-6-15(18)21/h1-11,24H,(H,23,25). The molecule has 5 nitrogen and oxygen atoms in total. The van der Waals surface area contributed by atoms with Crippen molar-refractivity contribution in [1.29, 1.82) is 0 Å². The van der Waals surface area contributed by atoms with Crippen molar-refractivity contribution in [2.75, 3.05) is 10.0 Å². The summed E-state index contributed by atoms with van der Waals surface area (Å²) < 4.78 is 54.7. The third kappa shape index (κ3) is 4.47. The van der Waals surface area contributed by atoms with E-state index >= 15 is 0 Å². The molecule has 1 amide bonds. The van der Waals surface area contributed by atoms with Gasteiger partial charge in [0.1, 0.15) is 11.6 Å². The van der Waals surface area contributed by atoms with Gasteiger partial charge in [-0.1, -0.05) is 29.8 Å². The van der Waals surface area contributed by atoms with Crippen LogP contribution in [0.5, 0.6) is 0 Å². The Bertz CT molecular complexity index is 1150. The number of para-hydroxylation sites is 1. The summed E-state index contributed by atoms with van der Waals surface area (Å²) in [6, 6.07) is 14.1. The molecule has 0 saturated heterocycles. The summed E-state index contributed by atoms with van der Waals surface area (Å²) in [5.41, 5.74) is -0.349. The van der Waals surface area contributed by atoms with Crippen molar-refractivity contribution < 1.29 is 22.0 Å². The highest BCUT2D eigenvalue weighted by Gasteiger charge is 2.18. The lowest BCUT2D eigenvalue weighted by Gasteiger charge is -2.11. The molecule has 2 N–H and O–H groups in total. The van der Waals surface area contributed by atoms with Crippen molar-refractivity contribution in [3.8, 4) is 0 Å². The third-order valence-electron chi connectivity index (χ3n) is 3.70. The second-order valence-corrected chi connectivity index (χ2v) is 7.81. The lowest BCUT2D eigenvalue weighted by Crippen LogP contribution is -2.16. The van der Waals surface area contributed by atoms with Gasteiger partial charge >= 0.3 is 0 Å². The molecule has 28 heavy (non-hydrogen) atoms. The summed E-state index contributed by atoms with van der Waals surface area (Å²) >= 11 is 5.67. The first-order valence-electron chi connectivity index (χ1n) is 7.90. The van der Waals surface area contributed by atoms with Gasteiger partial charge in [-0.05, 0) is 48.5 Å². The molecule has 0 bridgehead atoms. The lowest BCUT2D eigenvalue weighted by molar-refractivity contribution is 0.102. The van der Waals surface area contributed by atoms with Crippen LogP contribution in [0.3, 0.4) is 0 Å². The Morgan fingerprint density at radius 3 is 2.32 bits per heavy atom. The molecule has 0 radical (unpaired) electrons. The number of amides is 1. The van der Waals surface area contributed by atoms with Gasteiger partial charge in [0.25, 0.3) is 15.9 Å². The third-order valence-corrected chi connectivity index (χ3v) is 5.30. The van der Waals surface area contributed by atoms with Crippen molar-refractivity contribution in [2.45, 2.75) is 4.90 Å². The van der Waals surface area contributed by atoms with E-state index in [2.05, 4.69) is 10.0 Å². The van der Waals surface area contributed by atoms with E-state index in [0.717, 1.165) is 18.2 Å². The topological polar surface area (TPSA) is 75.3 Å². The van der Waals surface area contributed by atoms with Crippen LogP contribution in [-0.2, 0) is 10.0 Å². The summed E-state index contributed by atoms with van der Waals surface area (Å²) in [4.78, 5) is 12.1. The SMILES string of the molecule is O=C(Nc1ccc(Cl)cc1F)c1cccc(S(=O)(=O)Nc2ccccc2F)c1. The van der Waals surface area contributed by atoms with Gasteiger partial charge in [-0.2, -0.15) is 0 Å². The van der Waals surface area contributed by atoms with Gasteiger partial charge < -0.3 is 5.32 Å². The van der Waals surface area contributed by atoms with Crippen molar-refractivity contribution in [3.05, 3.63) is 89.0 Å². The first-order valence-corrected chi connectivity index (χ1v) is 9.76. The Hall–Kier alpha value is -2.97. The van der Waals surface area contributed by atoms with Gasteiger partial charge in [0.2, 0.25) is 0 Å². The average Bonchev–Trinajstić information content (AvgIpc) is 2.66. The minimum Gasteiger partial charge on any atom is -0.319 e. The molecule has 9 heteroatoms. The maximum absolute atomic E-state index is 13.8. The number of hydrogen-bond donors (Lipinski definition) is 2. The van der Waals surface area contributed by atoms with Crippen molar-refractivity contribution in [1.82, 2.24) is 0 Å². The fourth-order valence-electron chi connectivity index (χ4n) is 2.34. The van der Waals surface area contributed by atoms with E-state index in [0.29, 0.717) is 0 Å². The second-order valence-electron chi connectivity index (χ2n) is 5.69. The highest BCUT2D eigenvalue weighted by atomic mass is 35.5. The number of sulfonamides is 1. The summed E-state index contributed by atoms with van der Waals surface area (Å²) in [5, 5.41) is 2.51. The second kappa shape index (κ2) is 7.95. The van der Waals surface area contributed by atoms with Crippen molar-refractivity contribution in [3.63, 3.8) is 0 Å². The lowest BCUT2D eigenvalue weighted by atomic mass is 10.2. The van der Waals surface area contributed by atoms with Crippen LogP contribution in [0.4, 0.5) is 20.2 Å². The Morgan fingerprint density at radius 2 is 1.61 bits per heavy atom. The van der Waals surface area contributed by atoms with E-state index in [1.165, 1.54) is 48.5 Å². The molecule has 0 atom stereocenters.